The highest BCUT2D eigenvalue weighted by Crippen LogP contribution is 2.29. The fourth-order valence-corrected chi connectivity index (χ4v) is 7.65. The number of hydrogen-bond donors (Lipinski definition) is 0. The molecule has 0 aromatic rings. The molecule has 1 saturated heterocycles. The third kappa shape index (κ3) is 67.6. The normalized spacial score (nSPS) is 11.4. The number of unbranched alkanes of at least 4 members (excludes halogenated alkanes) is 20. The Hall–Kier alpha value is -2.42. The van der Waals surface area contributed by atoms with Crippen LogP contribution in [0, 0.1) is 10.8 Å². The summed E-state index contributed by atoms with van der Waals surface area (Å²) in [5.74, 6) is -0.424. The molecule has 0 radical (unpaired) electrons. The predicted molar refractivity (Wildman–Crippen MR) is 321 cm³/mol. The van der Waals surface area contributed by atoms with Gasteiger partial charge >= 0.3 is 17.9 Å². The molecule has 0 amide bonds. The first-order chi connectivity index (χ1) is 35.3. The van der Waals surface area contributed by atoms with Gasteiger partial charge in [0.2, 0.25) is 0 Å². The van der Waals surface area contributed by atoms with Crippen molar-refractivity contribution in [1.29, 1.82) is 0 Å². The minimum absolute atomic E-state index is 0.00163. The third-order valence-electron chi connectivity index (χ3n) is 12.1. The van der Waals surface area contributed by atoms with Gasteiger partial charge in [0.1, 0.15) is 6.10 Å². The van der Waals surface area contributed by atoms with E-state index in [2.05, 4.69) is 50.8 Å². The van der Waals surface area contributed by atoms with Gasteiger partial charge in [-0.05, 0) is 118 Å². The highest BCUT2D eigenvalue weighted by atomic mass is 16.5. The van der Waals surface area contributed by atoms with E-state index in [1.165, 1.54) is 155 Å². The smallest absolute Gasteiger partial charge is 0.329 e. The molecule has 0 spiro atoms. The maximum Gasteiger partial charge on any atom is 0.329 e. The van der Waals surface area contributed by atoms with E-state index in [4.69, 9.17) is 14.2 Å². The van der Waals surface area contributed by atoms with Crippen molar-refractivity contribution < 1.29 is 38.1 Å². The molecule has 0 saturated carbocycles. The molecular formula is C64H133NO8. The molecule has 1 heterocycles. The number of carbonyl (C=O) groups is 4. The Morgan fingerprint density at radius 2 is 0.877 bits per heavy atom. The van der Waals surface area contributed by atoms with Gasteiger partial charge in [0.15, 0.2) is 0 Å². The van der Waals surface area contributed by atoms with Crippen LogP contribution in [-0.4, -0.2) is 75.3 Å². The summed E-state index contributed by atoms with van der Waals surface area (Å²) in [6.45, 7) is 43.6. The van der Waals surface area contributed by atoms with E-state index in [1.807, 2.05) is 83.1 Å². The number of ether oxygens (including phenoxy) is 4. The topological polar surface area (TPSA) is 108 Å². The van der Waals surface area contributed by atoms with Crippen molar-refractivity contribution in [2.75, 3.05) is 40.0 Å². The Morgan fingerprint density at radius 1 is 0.521 bits per heavy atom. The van der Waals surface area contributed by atoms with Gasteiger partial charge in [0.25, 0.3) is 6.47 Å². The number of likely N-dealkylation sites (tertiary alicyclic amines) is 1. The van der Waals surface area contributed by atoms with Crippen LogP contribution in [0.25, 0.3) is 0 Å². The first kappa shape index (κ1) is 84.5. The summed E-state index contributed by atoms with van der Waals surface area (Å²) in [6.07, 6.45) is 39.4. The number of hydrogen-bond acceptors (Lipinski definition) is 9. The molecule has 0 aromatic carbocycles. The van der Waals surface area contributed by atoms with Crippen molar-refractivity contribution in [3.8, 4) is 0 Å². The lowest BCUT2D eigenvalue weighted by atomic mass is 9.86. The zero-order chi connectivity index (χ0) is 57.3. The van der Waals surface area contributed by atoms with E-state index in [1.54, 1.807) is 0 Å². The van der Waals surface area contributed by atoms with E-state index in [0.717, 1.165) is 83.1 Å². The highest BCUT2D eigenvalue weighted by molar-refractivity contribution is 5.81. The van der Waals surface area contributed by atoms with Gasteiger partial charge in [-0.15, -0.1) is 0 Å². The van der Waals surface area contributed by atoms with Gasteiger partial charge in [-0.3, -0.25) is 14.4 Å². The summed E-state index contributed by atoms with van der Waals surface area (Å²) >= 11 is 0. The lowest BCUT2D eigenvalue weighted by Gasteiger charge is -2.27. The Bertz CT molecular complexity index is 1060. The molecule has 0 aliphatic carbocycles. The Labute approximate surface area is 458 Å². The Morgan fingerprint density at radius 3 is 1.26 bits per heavy atom. The standard InChI is InChI=1S/C26H50O4.C23H45NO2.C4H6O2.C3H8.4C2H6/c1-5-7-9-11-15-19-24(20-16-12-10-8-6-2)30-25(28)26(3,4)21-17-13-14-18-22-29-23-27;1-4-5-6-7-8-9-10-11-16-21-26-22(25)23(2,3)17-12-13-18-24-19-14-15-20-24;1-3-4(5)6-2;1-3-2;4*1-2/h23-24H,5-22H2,1-4H3;4-21H2,1-3H3;3H,1H2,2H3;3H2,1-2H3;4*1-2H3. The Balaban J connectivity index is -0.000000183. The predicted octanol–water partition coefficient (Wildman–Crippen LogP) is 20.0. The largest absolute Gasteiger partial charge is 0.468 e. The zero-order valence-electron chi connectivity index (χ0n) is 52.8. The molecule has 73 heavy (non-hydrogen) atoms. The molecule has 1 aliphatic heterocycles. The van der Waals surface area contributed by atoms with Gasteiger partial charge in [-0.25, -0.2) is 4.79 Å². The first-order valence-electron chi connectivity index (χ1n) is 31.1. The minimum Gasteiger partial charge on any atom is -0.468 e. The van der Waals surface area contributed by atoms with Crippen LogP contribution in [0.3, 0.4) is 0 Å². The van der Waals surface area contributed by atoms with E-state index >= 15 is 0 Å². The van der Waals surface area contributed by atoms with Gasteiger partial charge in [0, 0.05) is 6.08 Å². The van der Waals surface area contributed by atoms with E-state index < -0.39 is 11.4 Å². The second-order valence-electron chi connectivity index (χ2n) is 19.7. The van der Waals surface area contributed by atoms with Crippen molar-refractivity contribution >= 4 is 24.4 Å². The lowest BCUT2D eigenvalue weighted by molar-refractivity contribution is -0.161. The van der Waals surface area contributed by atoms with Crippen LogP contribution >= 0.6 is 0 Å². The molecule has 1 rings (SSSR count). The van der Waals surface area contributed by atoms with Crippen molar-refractivity contribution in [2.45, 2.75) is 329 Å². The molecule has 9 heteroatoms. The lowest BCUT2D eigenvalue weighted by Crippen LogP contribution is -2.31. The second kappa shape index (κ2) is 71.7. The van der Waals surface area contributed by atoms with Crippen LogP contribution in [0.1, 0.15) is 323 Å². The molecule has 0 unspecified atom stereocenters. The number of rotatable bonds is 39. The average Bonchev–Trinajstić information content (AvgIpc) is 3.94. The quantitative estimate of drug-likeness (QED) is 0.0195. The van der Waals surface area contributed by atoms with E-state index in [-0.39, 0.29) is 23.5 Å². The maximum absolute atomic E-state index is 12.9. The van der Waals surface area contributed by atoms with E-state index in [9.17, 15) is 19.2 Å². The number of carbonyl (C=O) groups excluding carboxylic acids is 4. The van der Waals surface area contributed by atoms with Crippen LogP contribution < -0.4 is 0 Å². The van der Waals surface area contributed by atoms with Crippen molar-refractivity contribution in [3.63, 3.8) is 0 Å². The summed E-state index contributed by atoms with van der Waals surface area (Å²) in [7, 11) is 1.31. The minimum atomic E-state index is -0.429. The maximum atomic E-state index is 12.9. The molecule has 1 aliphatic rings. The van der Waals surface area contributed by atoms with Gasteiger partial charge in [0.05, 0.1) is 31.2 Å². The van der Waals surface area contributed by atoms with Gasteiger partial charge < -0.3 is 23.8 Å². The molecule has 0 aromatic heterocycles. The summed E-state index contributed by atoms with van der Waals surface area (Å²) < 4.78 is 20.4. The van der Waals surface area contributed by atoms with Crippen molar-refractivity contribution in [3.05, 3.63) is 12.7 Å². The van der Waals surface area contributed by atoms with Gasteiger partial charge in [-0.1, -0.05) is 231 Å². The zero-order valence-corrected chi connectivity index (χ0v) is 52.8. The average molecular weight is 1040 g/mol. The van der Waals surface area contributed by atoms with Crippen LogP contribution in [0.4, 0.5) is 0 Å². The molecule has 9 nitrogen and oxygen atoms in total. The van der Waals surface area contributed by atoms with Gasteiger partial charge in [-0.2, -0.15) is 0 Å². The number of nitrogens with zero attached hydrogens (tertiary/aromatic N) is 1. The molecule has 442 valence electrons. The summed E-state index contributed by atoms with van der Waals surface area (Å²) in [6, 6.07) is 0. The van der Waals surface area contributed by atoms with Crippen LogP contribution in [0.5, 0.6) is 0 Å². The van der Waals surface area contributed by atoms with Crippen molar-refractivity contribution in [1.82, 2.24) is 4.90 Å². The fraction of sp³-hybridized carbons (Fsp3) is 0.906. The van der Waals surface area contributed by atoms with Crippen molar-refractivity contribution in [2.24, 2.45) is 10.8 Å². The molecule has 0 bridgehead atoms. The number of methoxy groups -OCH3 is 1. The Kier molecular flexibility index (Phi) is 83.0. The van der Waals surface area contributed by atoms with Crippen LogP contribution in [0.15, 0.2) is 12.7 Å². The first-order valence-corrected chi connectivity index (χ1v) is 31.1. The number of esters is 3. The third-order valence-corrected chi connectivity index (χ3v) is 12.1. The van der Waals surface area contributed by atoms with Crippen LogP contribution in [-0.2, 0) is 38.1 Å². The van der Waals surface area contributed by atoms with E-state index in [0.29, 0.717) is 19.7 Å². The molecular weight excluding hydrogens is 911 g/mol. The summed E-state index contributed by atoms with van der Waals surface area (Å²) in [4.78, 5) is 47.7. The molecule has 1 fully saturated rings. The second-order valence-corrected chi connectivity index (χ2v) is 19.7. The van der Waals surface area contributed by atoms with Crippen LogP contribution in [0.2, 0.25) is 0 Å². The molecule has 0 N–H and O–H groups in total. The fourth-order valence-electron chi connectivity index (χ4n) is 7.65. The summed E-state index contributed by atoms with van der Waals surface area (Å²) in [5.41, 5.74) is -0.758. The monoisotopic (exact) mass is 1040 g/mol. The highest BCUT2D eigenvalue weighted by Gasteiger charge is 2.31. The molecule has 0 atom stereocenters. The SMILES string of the molecule is C=CC(=O)OC.CC.CC.CC.CC.CCC.CCCCCCCC(CCCCCCC)OC(=O)C(C)(C)CCCCCCOC=O.CCCCCCCCCCCOC(=O)C(C)(C)CCCCN1CCCC1. The summed E-state index contributed by atoms with van der Waals surface area (Å²) in [5, 5.41) is 0.